The Balaban J connectivity index is 2.06. The molecule has 2 aromatic rings. The van der Waals surface area contributed by atoms with Crippen molar-refractivity contribution in [1.82, 2.24) is 4.90 Å². The topological polar surface area (TPSA) is 12.5 Å². The Morgan fingerprint density at radius 2 is 1.83 bits per heavy atom. The van der Waals surface area contributed by atoms with Gasteiger partial charge in [-0.2, -0.15) is 0 Å². The number of methoxy groups -OCH3 is 1. The Morgan fingerprint density at radius 3 is 2.48 bits per heavy atom. The van der Waals surface area contributed by atoms with E-state index < -0.39 is 0 Å². The largest absolute Gasteiger partial charge is 0.497 e. The van der Waals surface area contributed by atoms with E-state index in [1.165, 1.54) is 16.7 Å². The number of halogens is 2. The SMILES string of the molecule is COc1ccc2c(c1)C[C@H](N(C)C)C[C@@H]2c1ccc(Cl)c(Cl)c1. The van der Waals surface area contributed by atoms with Crippen molar-refractivity contribution in [3.05, 3.63) is 63.1 Å². The molecule has 0 aromatic heterocycles. The van der Waals surface area contributed by atoms with Crippen molar-refractivity contribution in [3.63, 3.8) is 0 Å². The van der Waals surface area contributed by atoms with Gasteiger partial charge in [-0.15, -0.1) is 0 Å². The van der Waals surface area contributed by atoms with Gasteiger partial charge in [-0.25, -0.2) is 0 Å². The van der Waals surface area contributed by atoms with Crippen LogP contribution in [0.4, 0.5) is 0 Å². The van der Waals surface area contributed by atoms with E-state index in [9.17, 15) is 0 Å². The number of fused-ring (bicyclic) bond motifs is 1. The summed E-state index contributed by atoms with van der Waals surface area (Å²) in [6.45, 7) is 0. The van der Waals surface area contributed by atoms with Crippen molar-refractivity contribution in [3.8, 4) is 5.75 Å². The zero-order valence-corrected chi connectivity index (χ0v) is 15.2. The molecular weight excluding hydrogens is 329 g/mol. The fourth-order valence-corrected chi connectivity index (χ4v) is 3.71. The Hall–Kier alpha value is -1.22. The first-order valence-electron chi connectivity index (χ1n) is 7.77. The van der Waals surface area contributed by atoms with Crippen LogP contribution in [0.25, 0.3) is 0 Å². The fourth-order valence-electron chi connectivity index (χ4n) is 3.40. The highest BCUT2D eigenvalue weighted by Gasteiger charge is 2.29. The maximum absolute atomic E-state index is 6.24. The molecular formula is C19H21Cl2NO. The summed E-state index contributed by atoms with van der Waals surface area (Å²) < 4.78 is 5.40. The van der Waals surface area contributed by atoms with Gasteiger partial charge < -0.3 is 9.64 Å². The van der Waals surface area contributed by atoms with Crippen LogP contribution >= 0.6 is 23.2 Å². The highest BCUT2D eigenvalue weighted by molar-refractivity contribution is 6.42. The zero-order valence-electron chi connectivity index (χ0n) is 13.6. The van der Waals surface area contributed by atoms with Crippen LogP contribution in [0.2, 0.25) is 10.0 Å². The third-order valence-electron chi connectivity index (χ3n) is 4.77. The molecule has 2 atom stereocenters. The van der Waals surface area contributed by atoms with E-state index in [0.29, 0.717) is 22.0 Å². The molecule has 23 heavy (non-hydrogen) atoms. The van der Waals surface area contributed by atoms with Gasteiger partial charge in [0.05, 0.1) is 17.2 Å². The third kappa shape index (κ3) is 3.35. The van der Waals surface area contributed by atoms with Crippen LogP contribution in [0.15, 0.2) is 36.4 Å². The molecule has 0 heterocycles. The number of rotatable bonds is 3. The molecule has 1 aliphatic rings. The van der Waals surface area contributed by atoms with Crippen LogP contribution < -0.4 is 4.74 Å². The van der Waals surface area contributed by atoms with Crippen LogP contribution in [0.3, 0.4) is 0 Å². The van der Waals surface area contributed by atoms with Crippen LogP contribution in [0.5, 0.6) is 5.75 Å². The molecule has 0 aliphatic heterocycles. The molecule has 0 fully saturated rings. The molecule has 0 bridgehead atoms. The standard InChI is InChI=1S/C19H21Cl2NO/c1-22(2)14-8-13-9-15(23-3)5-6-16(13)17(11-14)12-4-7-18(20)19(21)10-12/h4-7,9-10,14,17H,8,11H2,1-3H3/t14-,17+/m0/s1. The maximum atomic E-state index is 6.24. The summed E-state index contributed by atoms with van der Waals surface area (Å²) in [7, 11) is 5.99. The number of benzene rings is 2. The van der Waals surface area contributed by atoms with Gasteiger partial charge in [0.25, 0.3) is 0 Å². The first-order chi connectivity index (χ1) is 11.0. The highest BCUT2D eigenvalue weighted by Crippen LogP contribution is 2.40. The molecule has 0 saturated heterocycles. The molecule has 0 radical (unpaired) electrons. The van der Waals surface area contributed by atoms with E-state index in [-0.39, 0.29) is 0 Å². The summed E-state index contributed by atoms with van der Waals surface area (Å²) in [5, 5.41) is 1.22. The molecule has 1 aliphatic carbocycles. The number of hydrogen-bond donors (Lipinski definition) is 0. The quantitative estimate of drug-likeness (QED) is 0.772. The summed E-state index contributed by atoms with van der Waals surface area (Å²) in [6, 6.07) is 12.9. The number of likely N-dealkylation sites (N-methyl/N-ethyl adjacent to an activating group) is 1. The van der Waals surface area contributed by atoms with Crippen LogP contribution in [-0.2, 0) is 6.42 Å². The Kier molecular flexibility index (Phi) is 4.86. The second kappa shape index (κ2) is 6.72. The fraction of sp³-hybridized carbons (Fsp3) is 0.368. The van der Waals surface area contributed by atoms with Crippen molar-refractivity contribution in [2.75, 3.05) is 21.2 Å². The second-order valence-electron chi connectivity index (χ2n) is 6.35. The van der Waals surface area contributed by atoms with Gasteiger partial charge in [0.15, 0.2) is 0 Å². The minimum atomic E-state index is 0.326. The normalized spacial score (nSPS) is 20.4. The Morgan fingerprint density at radius 1 is 1.04 bits per heavy atom. The van der Waals surface area contributed by atoms with E-state index in [4.69, 9.17) is 27.9 Å². The predicted octanol–water partition coefficient (Wildman–Crippen LogP) is 5.01. The van der Waals surface area contributed by atoms with Crippen molar-refractivity contribution in [1.29, 1.82) is 0 Å². The average Bonchev–Trinajstić information content (AvgIpc) is 2.55. The summed E-state index contributed by atoms with van der Waals surface area (Å²) in [5.74, 6) is 1.24. The second-order valence-corrected chi connectivity index (χ2v) is 7.16. The number of ether oxygens (including phenoxy) is 1. The highest BCUT2D eigenvalue weighted by atomic mass is 35.5. The zero-order chi connectivity index (χ0) is 16.6. The molecule has 2 aromatic carbocycles. The van der Waals surface area contributed by atoms with Gasteiger partial charge in [-0.3, -0.25) is 0 Å². The van der Waals surface area contributed by atoms with Gasteiger partial charge in [-0.05, 0) is 67.9 Å². The number of nitrogens with zero attached hydrogens (tertiary/aromatic N) is 1. The summed E-state index contributed by atoms with van der Waals surface area (Å²) in [4.78, 5) is 2.30. The maximum Gasteiger partial charge on any atom is 0.119 e. The van der Waals surface area contributed by atoms with Crippen molar-refractivity contribution in [2.45, 2.75) is 24.8 Å². The predicted molar refractivity (Wildman–Crippen MR) is 97.1 cm³/mol. The third-order valence-corrected chi connectivity index (χ3v) is 5.50. The lowest BCUT2D eigenvalue weighted by Crippen LogP contribution is -2.35. The first-order valence-corrected chi connectivity index (χ1v) is 8.53. The summed E-state index contributed by atoms with van der Waals surface area (Å²) in [6.07, 6.45) is 2.11. The molecule has 0 saturated carbocycles. The van der Waals surface area contributed by atoms with Gasteiger partial charge in [0, 0.05) is 12.0 Å². The van der Waals surface area contributed by atoms with Crippen molar-refractivity contribution in [2.24, 2.45) is 0 Å². The molecule has 3 rings (SSSR count). The monoisotopic (exact) mass is 349 g/mol. The molecule has 0 N–H and O–H groups in total. The van der Waals surface area contributed by atoms with E-state index >= 15 is 0 Å². The Labute approximate surface area is 148 Å². The van der Waals surface area contributed by atoms with Gasteiger partial charge in [0.2, 0.25) is 0 Å². The molecule has 4 heteroatoms. The van der Waals surface area contributed by atoms with Crippen LogP contribution in [0.1, 0.15) is 29.0 Å². The average molecular weight is 350 g/mol. The molecule has 0 amide bonds. The first kappa shape index (κ1) is 16.6. The minimum Gasteiger partial charge on any atom is -0.497 e. The van der Waals surface area contributed by atoms with Gasteiger partial charge >= 0.3 is 0 Å². The molecule has 122 valence electrons. The van der Waals surface area contributed by atoms with E-state index in [1.54, 1.807) is 7.11 Å². The van der Waals surface area contributed by atoms with E-state index in [2.05, 4.69) is 37.2 Å². The Bertz CT molecular complexity index is 715. The lowest BCUT2D eigenvalue weighted by atomic mass is 9.76. The smallest absolute Gasteiger partial charge is 0.119 e. The van der Waals surface area contributed by atoms with E-state index in [1.807, 2.05) is 18.2 Å². The van der Waals surface area contributed by atoms with E-state index in [0.717, 1.165) is 18.6 Å². The lowest BCUT2D eigenvalue weighted by Gasteiger charge is -2.35. The minimum absolute atomic E-state index is 0.326. The summed E-state index contributed by atoms with van der Waals surface area (Å²) >= 11 is 12.3. The van der Waals surface area contributed by atoms with Gasteiger partial charge in [-0.1, -0.05) is 35.3 Å². The lowest BCUT2D eigenvalue weighted by molar-refractivity contribution is 0.258. The van der Waals surface area contributed by atoms with Crippen molar-refractivity contribution < 1.29 is 4.74 Å². The van der Waals surface area contributed by atoms with Gasteiger partial charge in [0.1, 0.15) is 5.75 Å². The number of hydrogen-bond acceptors (Lipinski definition) is 2. The van der Waals surface area contributed by atoms with Crippen molar-refractivity contribution >= 4 is 23.2 Å². The molecule has 0 spiro atoms. The summed E-state index contributed by atoms with van der Waals surface area (Å²) in [5.41, 5.74) is 3.94. The van der Waals surface area contributed by atoms with Crippen LogP contribution in [-0.4, -0.2) is 32.1 Å². The van der Waals surface area contributed by atoms with Crippen LogP contribution in [0, 0.1) is 0 Å². The molecule has 2 nitrogen and oxygen atoms in total. The molecule has 0 unspecified atom stereocenters.